The van der Waals surface area contributed by atoms with E-state index in [1.165, 1.54) is 5.56 Å². The van der Waals surface area contributed by atoms with E-state index >= 15 is 0 Å². The molecular formula is C22H19NO2. The van der Waals surface area contributed by atoms with Gasteiger partial charge in [0.2, 0.25) is 0 Å². The highest BCUT2D eigenvalue weighted by Gasteiger charge is 2.24. The predicted molar refractivity (Wildman–Crippen MR) is 101 cm³/mol. The number of benzene rings is 2. The second-order valence-corrected chi connectivity index (χ2v) is 6.57. The summed E-state index contributed by atoms with van der Waals surface area (Å²) >= 11 is 0. The fourth-order valence-corrected chi connectivity index (χ4v) is 3.58. The topological polar surface area (TPSA) is 50.2 Å². The molecule has 124 valence electrons. The summed E-state index contributed by atoms with van der Waals surface area (Å²) in [5.74, 6) is -0.869. The number of aromatic carboxylic acids is 1. The molecule has 0 unspecified atom stereocenters. The zero-order chi connectivity index (χ0) is 17.4. The summed E-state index contributed by atoms with van der Waals surface area (Å²) < 4.78 is 0. The van der Waals surface area contributed by atoms with Crippen molar-refractivity contribution in [1.29, 1.82) is 0 Å². The van der Waals surface area contributed by atoms with E-state index in [1.807, 2.05) is 24.3 Å². The first kappa shape index (κ1) is 15.6. The van der Waals surface area contributed by atoms with Gasteiger partial charge in [-0.1, -0.05) is 48.0 Å². The van der Waals surface area contributed by atoms with Gasteiger partial charge in [-0.15, -0.1) is 0 Å². The highest BCUT2D eigenvalue weighted by atomic mass is 16.4. The Hall–Kier alpha value is -2.94. The van der Waals surface area contributed by atoms with Gasteiger partial charge in [0.1, 0.15) is 0 Å². The summed E-state index contributed by atoms with van der Waals surface area (Å²) in [7, 11) is 0. The largest absolute Gasteiger partial charge is 0.478 e. The molecule has 4 rings (SSSR count). The highest BCUT2D eigenvalue weighted by molar-refractivity contribution is 6.05. The molecule has 25 heavy (non-hydrogen) atoms. The van der Waals surface area contributed by atoms with Crippen LogP contribution in [0.15, 0.2) is 48.5 Å². The zero-order valence-corrected chi connectivity index (χ0v) is 14.1. The Balaban J connectivity index is 1.95. The van der Waals surface area contributed by atoms with Gasteiger partial charge in [-0.25, -0.2) is 9.78 Å². The Morgan fingerprint density at radius 3 is 2.60 bits per heavy atom. The summed E-state index contributed by atoms with van der Waals surface area (Å²) in [5.41, 5.74) is 6.35. The molecule has 0 amide bonds. The molecule has 1 aliphatic carbocycles. The summed E-state index contributed by atoms with van der Waals surface area (Å²) in [5, 5.41) is 10.5. The molecule has 0 saturated heterocycles. The van der Waals surface area contributed by atoms with Crippen LogP contribution >= 0.6 is 0 Å². The lowest BCUT2D eigenvalue weighted by Crippen LogP contribution is -2.13. The third kappa shape index (κ3) is 2.82. The molecule has 0 saturated carbocycles. The average molecular weight is 329 g/mol. The number of rotatable bonds is 2. The maximum atomic E-state index is 11.9. The Morgan fingerprint density at radius 1 is 1.08 bits per heavy atom. The zero-order valence-electron chi connectivity index (χ0n) is 14.1. The Kier molecular flexibility index (Phi) is 3.85. The van der Waals surface area contributed by atoms with E-state index in [4.69, 9.17) is 4.98 Å². The van der Waals surface area contributed by atoms with E-state index in [1.54, 1.807) is 0 Å². The molecule has 1 aliphatic rings. The van der Waals surface area contributed by atoms with Crippen molar-refractivity contribution in [3.8, 4) is 0 Å². The molecule has 1 heterocycles. The molecule has 0 aliphatic heterocycles. The second-order valence-electron chi connectivity index (χ2n) is 6.57. The fourth-order valence-electron chi connectivity index (χ4n) is 3.58. The van der Waals surface area contributed by atoms with E-state index in [0.717, 1.165) is 52.6 Å². The van der Waals surface area contributed by atoms with Crippen LogP contribution in [0, 0.1) is 6.92 Å². The third-order valence-electron chi connectivity index (χ3n) is 4.80. The van der Waals surface area contributed by atoms with Gasteiger partial charge in [0.25, 0.3) is 0 Å². The van der Waals surface area contributed by atoms with Crippen LogP contribution < -0.4 is 0 Å². The van der Waals surface area contributed by atoms with Crippen LogP contribution in [-0.4, -0.2) is 16.1 Å². The lowest BCUT2D eigenvalue weighted by atomic mass is 9.86. The molecule has 3 aromatic rings. The van der Waals surface area contributed by atoms with Crippen molar-refractivity contribution in [2.45, 2.75) is 26.2 Å². The van der Waals surface area contributed by atoms with Crippen molar-refractivity contribution in [1.82, 2.24) is 4.98 Å². The minimum Gasteiger partial charge on any atom is -0.478 e. The molecule has 0 bridgehead atoms. The van der Waals surface area contributed by atoms with Crippen LogP contribution in [0.2, 0.25) is 0 Å². The van der Waals surface area contributed by atoms with Gasteiger partial charge in [-0.2, -0.15) is 0 Å². The summed E-state index contributed by atoms with van der Waals surface area (Å²) in [6, 6.07) is 15.9. The molecule has 0 spiro atoms. The summed E-state index contributed by atoms with van der Waals surface area (Å²) in [6.45, 7) is 2.07. The molecule has 3 heteroatoms. The molecule has 1 N–H and O–H groups in total. The molecular weight excluding hydrogens is 310 g/mol. The van der Waals surface area contributed by atoms with Crippen LogP contribution in [0.3, 0.4) is 0 Å². The number of allylic oxidation sites excluding steroid dienone is 1. The van der Waals surface area contributed by atoms with Crippen LogP contribution in [0.4, 0.5) is 0 Å². The van der Waals surface area contributed by atoms with Gasteiger partial charge in [-0.05, 0) is 55.0 Å². The van der Waals surface area contributed by atoms with Gasteiger partial charge in [0.15, 0.2) is 0 Å². The molecule has 0 fully saturated rings. The van der Waals surface area contributed by atoms with Gasteiger partial charge >= 0.3 is 5.97 Å². The maximum Gasteiger partial charge on any atom is 0.336 e. The Bertz CT molecular complexity index is 1000. The standard InChI is InChI=1S/C22H19NO2/c1-14-9-11-15(12-10-14)13-16-5-4-7-18-20(22(24)25)17-6-2-3-8-19(17)23-21(16)18/h2-3,6,8-13H,4-5,7H2,1H3,(H,24,25)/b16-13+. The van der Waals surface area contributed by atoms with Crippen molar-refractivity contribution in [3.05, 3.63) is 76.5 Å². The van der Waals surface area contributed by atoms with Crippen molar-refractivity contribution in [3.63, 3.8) is 0 Å². The first-order valence-corrected chi connectivity index (χ1v) is 8.56. The van der Waals surface area contributed by atoms with Crippen LogP contribution in [0.25, 0.3) is 22.6 Å². The molecule has 3 nitrogen and oxygen atoms in total. The van der Waals surface area contributed by atoms with E-state index in [9.17, 15) is 9.90 Å². The van der Waals surface area contributed by atoms with Gasteiger partial charge in [0, 0.05) is 5.39 Å². The number of carbonyl (C=O) groups is 1. The molecule has 1 aromatic heterocycles. The number of carboxylic acid groups (broad SMARTS) is 1. The van der Waals surface area contributed by atoms with Gasteiger partial charge < -0.3 is 5.11 Å². The number of aromatic nitrogens is 1. The van der Waals surface area contributed by atoms with E-state index in [-0.39, 0.29) is 0 Å². The first-order valence-electron chi connectivity index (χ1n) is 8.56. The smallest absolute Gasteiger partial charge is 0.336 e. The monoisotopic (exact) mass is 329 g/mol. The number of carboxylic acids is 1. The van der Waals surface area contributed by atoms with Crippen molar-refractivity contribution in [2.75, 3.05) is 0 Å². The quantitative estimate of drug-likeness (QED) is 0.710. The third-order valence-corrected chi connectivity index (χ3v) is 4.80. The fraction of sp³-hybridized carbons (Fsp3) is 0.182. The van der Waals surface area contributed by atoms with Gasteiger partial charge in [0.05, 0.1) is 16.8 Å². The molecule has 2 aromatic carbocycles. The second kappa shape index (κ2) is 6.17. The SMILES string of the molecule is Cc1ccc(/C=C2\CCCc3c2nc2ccccc2c3C(=O)O)cc1. The normalized spacial score (nSPS) is 15.3. The first-order chi connectivity index (χ1) is 12.1. The number of aryl methyl sites for hydroxylation is 1. The minimum absolute atomic E-state index is 0.412. The van der Waals surface area contributed by atoms with Gasteiger partial charge in [-0.3, -0.25) is 0 Å². The lowest BCUT2D eigenvalue weighted by molar-refractivity contribution is 0.0697. The molecule has 0 radical (unpaired) electrons. The van der Waals surface area contributed by atoms with E-state index < -0.39 is 5.97 Å². The summed E-state index contributed by atoms with van der Waals surface area (Å²) in [4.78, 5) is 16.8. The molecule has 0 atom stereocenters. The lowest BCUT2D eigenvalue weighted by Gasteiger charge is -2.21. The number of pyridine rings is 1. The van der Waals surface area contributed by atoms with E-state index in [2.05, 4.69) is 37.3 Å². The van der Waals surface area contributed by atoms with Crippen LogP contribution in [-0.2, 0) is 6.42 Å². The Labute approximate surface area is 146 Å². The van der Waals surface area contributed by atoms with E-state index in [0.29, 0.717) is 5.56 Å². The van der Waals surface area contributed by atoms with Crippen LogP contribution in [0.5, 0.6) is 0 Å². The van der Waals surface area contributed by atoms with Crippen molar-refractivity contribution in [2.24, 2.45) is 0 Å². The number of hydrogen-bond donors (Lipinski definition) is 1. The summed E-state index contributed by atoms with van der Waals surface area (Å²) in [6.07, 6.45) is 4.78. The number of fused-ring (bicyclic) bond motifs is 2. The van der Waals surface area contributed by atoms with Crippen molar-refractivity contribution >= 4 is 28.5 Å². The van der Waals surface area contributed by atoms with Crippen molar-refractivity contribution < 1.29 is 9.90 Å². The predicted octanol–water partition coefficient (Wildman–Crippen LogP) is 5.12. The Morgan fingerprint density at radius 2 is 1.84 bits per heavy atom. The maximum absolute atomic E-state index is 11.9. The minimum atomic E-state index is -0.869. The van der Waals surface area contributed by atoms with Crippen LogP contribution in [0.1, 0.15) is 45.6 Å². The number of hydrogen-bond acceptors (Lipinski definition) is 2. The average Bonchev–Trinajstić information content (AvgIpc) is 2.62. The number of para-hydroxylation sites is 1. The number of nitrogens with zero attached hydrogens (tertiary/aromatic N) is 1. The highest BCUT2D eigenvalue weighted by Crippen LogP contribution is 2.36.